The van der Waals surface area contributed by atoms with Gasteiger partial charge in [0, 0.05) is 6.04 Å². The molecule has 1 aromatic carbocycles. The molecule has 0 fully saturated rings. The summed E-state index contributed by atoms with van der Waals surface area (Å²) < 4.78 is 5.22. The van der Waals surface area contributed by atoms with Gasteiger partial charge in [0.1, 0.15) is 5.75 Å². The molecule has 3 nitrogen and oxygen atoms in total. The van der Waals surface area contributed by atoms with Gasteiger partial charge in [0.05, 0.1) is 12.6 Å². The van der Waals surface area contributed by atoms with Crippen LogP contribution in [0.5, 0.6) is 5.75 Å². The molecule has 0 amide bonds. The van der Waals surface area contributed by atoms with Crippen molar-refractivity contribution in [2.24, 2.45) is 5.73 Å². The summed E-state index contributed by atoms with van der Waals surface area (Å²) in [6.45, 7) is 4.17. The molecule has 0 spiro atoms. The van der Waals surface area contributed by atoms with Crippen molar-refractivity contribution in [1.82, 2.24) is 4.90 Å². The van der Waals surface area contributed by atoms with Crippen LogP contribution in [0.2, 0.25) is 0 Å². The summed E-state index contributed by atoms with van der Waals surface area (Å²) in [4.78, 5) is 2.12. The number of hydrogen-bond donors (Lipinski definition) is 1. The van der Waals surface area contributed by atoms with Crippen LogP contribution >= 0.6 is 0 Å². The summed E-state index contributed by atoms with van der Waals surface area (Å²) >= 11 is 0. The fourth-order valence-electron chi connectivity index (χ4n) is 1.74. The maximum atomic E-state index is 6.41. The van der Waals surface area contributed by atoms with Crippen LogP contribution in [0.15, 0.2) is 24.3 Å². The second-order valence-electron chi connectivity index (χ2n) is 4.65. The Morgan fingerprint density at radius 1 is 1.38 bits per heavy atom. The fourth-order valence-corrected chi connectivity index (χ4v) is 1.74. The van der Waals surface area contributed by atoms with Crippen LogP contribution in [0.1, 0.15) is 19.4 Å². The first-order valence-corrected chi connectivity index (χ1v) is 5.49. The van der Waals surface area contributed by atoms with E-state index in [0.717, 1.165) is 11.3 Å². The van der Waals surface area contributed by atoms with E-state index in [4.69, 9.17) is 10.5 Å². The summed E-state index contributed by atoms with van der Waals surface area (Å²) in [5.74, 6) is 0.847. The normalized spacial score (nSPS) is 16.9. The highest BCUT2D eigenvalue weighted by Crippen LogP contribution is 2.26. The minimum absolute atomic E-state index is 0.250. The van der Waals surface area contributed by atoms with Crippen LogP contribution in [0, 0.1) is 0 Å². The zero-order valence-electron chi connectivity index (χ0n) is 10.8. The zero-order valence-corrected chi connectivity index (χ0v) is 10.8. The van der Waals surface area contributed by atoms with Crippen molar-refractivity contribution in [2.75, 3.05) is 21.2 Å². The molecule has 0 radical (unpaired) electrons. The van der Waals surface area contributed by atoms with Gasteiger partial charge in [-0.1, -0.05) is 12.1 Å². The van der Waals surface area contributed by atoms with E-state index in [1.54, 1.807) is 7.11 Å². The molecule has 0 saturated carbocycles. The quantitative estimate of drug-likeness (QED) is 0.844. The number of ether oxygens (including phenoxy) is 1. The summed E-state index contributed by atoms with van der Waals surface area (Å²) in [5.41, 5.74) is 7.11. The second-order valence-corrected chi connectivity index (χ2v) is 4.65. The minimum atomic E-state index is -0.391. The summed E-state index contributed by atoms with van der Waals surface area (Å²) in [7, 11) is 5.74. The topological polar surface area (TPSA) is 38.5 Å². The SMILES string of the molecule is COc1cccc(C(C)(N)C(C)N(C)C)c1. The predicted octanol–water partition coefficient (Wildman–Crippen LogP) is 1.82. The van der Waals surface area contributed by atoms with Gasteiger partial charge in [-0.3, -0.25) is 0 Å². The third-order valence-electron chi connectivity index (χ3n) is 3.33. The van der Waals surface area contributed by atoms with Gasteiger partial charge in [0.2, 0.25) is 0 Å². The number of nitrogens with zero attached hydrogens (tertiary/aromatic N) is 1. The molecule has 2 N–H and O–H groups in total. The van der Waals surface area contributed by atoms with Gasteiger partial charge in [-0.25, -0.2) is 0 Å². The Kier molecular flexibility index (Phi) is 3.94. The number of nitrogens with two attached hydrogens (primary N) is 1. The first-order chi connectivity index (χ1) is 7.39. The second kappa shape index (κ2) is 4.85. The van der Waals surface area contributed by atoms with Crippen molar-refractivity contribution in [2.45, 2.75) is 25.4 Å². The van der Waals surface area contributed by atoms with Crippen LogP contribution in [0.4, 0.5) is 0 Å². The largest absolute Gasteiger partial charge is 0.497 e. The van der Waals surface area contributed by atoms with E-state index in [0.29, 0.717) is 0 Å². The Bertz CT molecular complexity index is 348. The molecule has 0 aliphatic rings. The summed E-state index contributed by atoms with van der Waals surface area (Å²) in [6.07, 6.45) is 0. The number of benzene rings is 1. The summed E-state index contributed by atoms with van der Waals surface area (Å²) in [6, 6.07) is 8.20. The lowest BCUT2D eigenvalue weighted by atomic mass is 9.86. The third kappa shape index (κ3) is 2.54. The first-order valence-electron chi connectivity index (χ1n) is 5.49. The van der Waals surface area contributed by atoms with Crippen molar-refractivity contribution in [1.29, 1.82) is 0 Å². The van der Waals surface area contributed by atoms with Crippen LogP contribution in [0.3, 0.4) is 0 Å². The van der Waals surface area contributed by atoms with Crippen molar-refractivity contribution in [3.63, 3.8) is 0 Å². The molecule has 0 saturated heterocycles. The molecule has 1 rings (SSSR count). The highest BCUT2D eigenvalue weighted by molar-refractivity contribution is 5.33. The maximum Gasteiger partial charge on any atom is 0.119 e. The number of likely N-dealkylation sites (N-methyl/N-ethyl adjacent to an activating group) is 1. The van der Waals surface area contributed by atoms with Crippen LogP contribution in [0.25, 0.3) is 0 Å². The maximum absolute atomic E-state index is 6.41. The number of rotatable bonds is 4. The molecule has 0 aliphatic heterocycles. The zero-order chi connectivity index (χ0) is 12.3. The standard InChI is InChI=1S/C13H22N2O/c1-10(15(3)4)13(2,14)11-7-6-8-12(9-11)16-5/h6-10H,14H2,1-5H3. The molecule has 3 heteroatoms. The Labute approximate surface area is 98.2 Å². The van der Waals surface area contributed by atoms with E-state index in [-0.39, 0.29) is 6.04 Å². The first kappa shape index (κ1) is 13.0. The Morgan fingerprint density at radius 2 is 2.00 bits per heavy atom. The van der Waals surface area contributed by atoms with Crippen molar-refractivity contribution in [3.8, 4) is 5.75 Å². The highest BCUT2D eigenvalue weighted by Gasteiger charge is 2.30. The highest BCUT2D eigenvalue weighted by atomic mass is 16.5. The van der Waals surface area contributed by atoms with E-state index in [1.807, 2.05) is 45.3 Å². The molecule has 0 bridgehead atoms. The molecule has 1 aromatic rings. The van der Waals surface area contributed by atoms with Gasteiger partial charge in [-0.05, 0) is 45.6 Å². The Balaban J connectivity index is 3.05. The van der Waals surface area contributed by atoms with E-state index in [2.05, 4.69) is 11.8 Å². The van der Waals surface area contributed by atoms with E-state index >= 15 is 0 Å². The Hall–Kier alpha value is -1.06. The average Bonchev–Trinajstić information content (AvgIpc) is 2.27. The fraction of sp³-hybridized carbons (Fsp3) is 0.538. The van der Waals surface area contributed by atoms with Crippen molar-refractivity contribution < 1.29 is 4.74 Å². The molecule has 2 atom stereocenters. The smallest absolute Gasteiger partial charge is 0.119 e. The Morgan fingerprint density at radius 3 is 2.50 bits per heavy atom. The van der Waals surface area contributed by atoms with Gasteiger partial charge in [0.15, 0.2) is 0 Å². The lowest BCUT2D eigenvalue weighted by Crippen LogP contribution is -2.50. The third-order valence-corrected chi connectivity index (χ3v) is 3.33. The minimum Gasteiger partial charge on any atom is -0.497 e. The van der Waals surface area contributed by atoms with Gasteiger partial charge in [-0.2, -0.15) is 0 Å². The number of hydrogen-bond acceptors (Lipinski definition) is 3. The lowest BCUT2D eigenvalue weighted by molar-refractivity contribution is 0.206. The molecule has 2 unspecified atom stereocenters. The number of methoxy groups -OCH3 is 1. The van der Waals surface area contributed by atoms with E-state index in [9.17, 15) is 0 Å². The molecular weight excluding hydrogens is 200 g/mol. The molecule has 16 heavy (non-hydrogen) atoms. The molecule has 0 aromatic heterocycles. The molecule has 0 aliphatic carbocycles. The van der Waals surface area contributed by atoms with E-state index in [1.165, 1.54) is 0 Å². The van der Waals surface area contributed by atoms with Crippen LogP contribution < -0.4 is 10.5 Å². The van der Waals surface area contributed by atoms with Gasteiger partial charge in [0.25, 0.3) is 0 Å². The lowest BCUT2D eigenvalue weighted by Gasteiger charge is -2.36. The molecule has 90 valence electrons. The monoisotopic (exact) mass is 222 g/mol. The molecule has 0 heterocycles. The predicted molar refractivity (Wildman–Crippen MR) is 67.7 cm³/mol. The molecular formula is C13H22N2O. The average molecular weight is 222 g/mol. The van der Waals surface area contributed by atoms with Gasteiger partial charge in [-0.15, -0.1) is 0 Å². The summed E-state index contributed by atoms with van der Waals surface area (Å²) in [5, 5.41) is 0. The van der Waals surface area contributed by atoms with Gasteiger partial charge >= 0.3 is 0 Å². The van der Waals surface area contributed by atoms with Crippen molar-refractivity contribution in [3.05, 3.63) is 29.8 Å². The van der Waals surface area contributed by atoms with Crippen LogP contribution in [-0.4, -0.2) is 32.1 Å². The van der Waals surface area contributed by atoms with Gasteiger partial charge < -0.3 is 15.4 Å². The van der Waals surface area contributed by atoms with Crippen LogP contribution in [-0.2, 0) is 5.54 Å². The van der Waals surface area contributed by atoms with E-state index < -0.39 is 5.54 Å². The van der Waals surface area contributed by atoms with Crippen molar-refractivity contribution >= 4 is 0 Å².